The molecule has 0 aromatic carbocycles. The molecular weight excluding hydrogens is 238 g/mol. The highest BCUT2D eigenvalue weighted by atomic mass is 16.4. The number of rotatable bonds is 9. The molecule has 2 aliphatic rings. The third-order valence-electron chi connectivity index (χ3n) is 5.04. The number of likely N-dealkylation sites (tertiary alicyclic amines) is 1. The van der Waals surface area contributed by atoms with Crippen molar-refractivity contribution in [3.63, 3.8) is 0 Å². The number of piperidine rings is 1. The summed E-state index contributed by atoms with van der Waals surface area (Å²) in [5, 5.41) is 9.32. The summed E-state index contributed by atoms with van der Waals surface area (Å²) in [6, 6.07) is 0. The van der Waals surface area contributed by atoms with Crippen molar-refractivity contribution in [2.75, 3.05) is 19.6 Å². The second-order valence-corrected chi connectivity index (χ2v) is 6.55. The predicted octanol–water partition coefficient (Wildman–Crippen LogP) is 3.53. The number of hydrogen-bond donors (Lipinski definition) is 1. The van der Waals surface area contributed by atoms with Crippen molar-refractivity contribution in [2.24, 2.45) is 11.3 Å². The lowest BCUT2D eigenvalue weighted by atomic mass is 9.97. The summed E-state index contributed by atoms with van der Waals surface area (Å²) in [5.41, 5.74) is -0.348. The molecule has 0 aromatic heterocycles. The monoisotopic (exact) mass is 267 g/mol. The molecule has 19 heavy (non-hydrogen) atoms. The minimum absolute atomic E-state index is 0.348. The van der Waals surface area contributed by atoms with E-state index in [1.165, 1.54) is 44.9 Å². The number of aliphatic carboxylic acids is 1. The highest BCUT2D eigenvalue weighted by Crippen LogP contribution is 2.57. The Morgan fingerprint density at radius 1 is 1.21 bits per heavy atom. The molecule has 110 valence electrons. The van der Waals surface area contributed by atoms with Crippen LogP contribution in [0.5, 0.6) is 0 Å². The molecule has 1 saturated carbocycles. The normalized spacial score (nSPS) is 30.1. The zero-order chi connectivity index (χ0) is 13.7. The van der Waals surface area contributed by atoms with Gasteiger partial charge in [0, 0.05) is 6.54 Å². The van der Waals surface area contributed by atoms with Crippen LogP contribution in [0.2, 0.25) is 0 Å². The lowest BCUT2D eigenvalue weighted by Crippen LogP contribution is -2.40. The van der Waals surface area contributed by atoms with Crippen LogP contribution in [-0.2, 0) is 4.79 Å². The van der Waals surface area contributed by atoms with E-state index in [4.69, 9.17) is 0 Å². The van der Waals surface area contributed by atoms with Gasteiger partial charge in [-0.1, -0.05) is 45.4 Å². The maximum Gasteiger partial charge on any atom is 0.311 e. The Hall–Kier alpha value is -0.570. The Morgan fingerprint density at radius 2 is 1.89 bits per heavy atom. The molecule has 0 aromatic rings. The van der Waals surface area contributed by atoms with E-state index in [1.54, 1.807) is 0 Å². The summed E-state index contributed by atoms with van der Waals surface area (Å²) in [5.74, 6) is -0.0722. The van der Waals surface area contributed by atoms with Gasteiger partial charge in [0.15, 0.2) is 0 Å². The maximum absolute atomic E-state index is 11.3. The molecule has 2 fully saturated rings. The molecule has 0 bridgehead atoms. The molecule has 0 amide bonds. The van der Waals surface area contributed by atoms with Gasteiger partial charge in [-0.3, -0.25) is 4.79 Å². The van der Waals surface area contributed by atoms with E-state index in [1.807, 2.05) is 0 Å². The van der Waals surface area contributed by atoms with Crippen molar-refractivity contribution in [1.82, 2.24) is 4.90 Å². The molecule has 3 heteroatoms. The predicted molar refractivity (Wildman–Crippen MR) is 77.2 cm³/mol. The molecule has 0 radical (unpaired) electrons. The molecule has 3 nitrogen and oxygen atoms in total. The summed E-state index contributed by atoms with van der Waals surface area (Å²) < 4.78 is 0. The molecule has 2 unspecified atom stereocenters. The fraction of sp³-hybridized carbons (Fsp3) is 0.938. The Balaban J connectivity index is 1.56. The van der Waals surface area contributed by atoms with Crippen LogP contribution in [0.3, 0.4) is 0 Å². The third kappa shape index (κ3) is 3.71. The van der Waals surface area contributed by atoms with Crippen LogP contribution in [0.4, 0.5) is 0 Å². The third-order valence-corrected chi connectivity index (χ3v) is 5.04. The van der Waals surface area contributed by atoms with E-state index < -0.39 is 5.97 Å². The van der Waals surface area contributed by atoms with E-state index in [2.05, 4.69) is 11.8 Å². The van der Waals surface area contributed by atoms with Crippen molar-refractivity contribution < 1.29 is 9.90 Å². The number of hydrogen-bond acceptors (Lipinski definition) is 2. The highest BCUT2D eigenvalue weighted by Gasteiger charge is 2.62. The zero-order valence-corrected chi connectivity index (χ0v) is 12.4. The van der Waals surface area contributed by atoms with Crippen LogP contribution in [0.1, 0.15) is 64.7 Å². The zero-order valence-electron chi connectivity index (χ0n) is 12.4. The Labute approximate surface area is 117 Å². The minimum Gasteiger partial charge on any atom is -0.481 e. The van der Waals surface area contributed by atoms with Gasteiger partial charge in [0.25, 0.3) is 0 Å². The molecule has 1 saturated heterocycles. The smallest absolute Gasteiger partial charge is 0.311 e. The first-order valence-corrected chi connectivity index (χ1v) is 8.15. The summed E-state index contributed by atoms with van der Waals surface area (Å²) >= 11 is 0. The van der Waals surface area contributed by atoms with E-state index >= 15 is 0 Å². The number of carbonyl (C=O) groups is 1. The van der Waals surface area contributed by atoms with E-state index in [9.17, 15) is 9.90 Å². The summed E-state index contributed by atoms with van der Waals surface area (Å²) in [4.78, 5) is 13.7. The van der Waals surface area contributed by atoms with Gasteiger partial charge in [0.05, 0.1) is 5.41 Å². The van der Waals surface area contributed by atoms with Crippen molar-refractivity contribution in [1.29, 1.82) is 0 Å². The van der Waals surface area contributed by atoms with Gasteiger partial charge in [0.2, 0.25) is 0 Å². The van der Waals surface area contributed by atoms with Crippen LogP contribution >= 0.6 is 0 Å². The van der Waals surface area contributed by atoms with Crippen LogP contribution < -0.4 is 0 Å². The number of unbranched alkanes of at least 4 members (excludes halogenated alkanes) is 6. The molecule has 2 rings (SSSR count). The van der Waals surface area contributed by atoms with Crippen molar-refractivity contribution in [3.8, 4) is 0 Å². The maximum atomic E-state index is 11.3. The van der Waals surface area contributed by atoms with Crippen LogP contribution in [0.15, 0.2) is 0 Å². The van der Waals surface area contributed by atoms with Crippen LogP contribution in [-0.4, -0.2) is 35.6 Å². The van der Waals surface area contributed by atoms with Crippen molar-refractivity contribution in [2.45, 2.75) is 64.7 Å². The molecule has 2 atom stereocenters. The standard InChI is InChI=1S/C16H29NO2/c1-2-3-4-5-6-7-8-10-17-11-9-14-12-16(14,13-17)15(18)19/h14H,2-13H2,1H3,(H,18,19). The lowest BCUT2D eigenvalue weighted by molar-refractivity contribution is -0.145. The topological polar surface area (TPSA) is 40.5 Å². The Kier molecular flexibility index (Phi) is 5.26. The summed E-state index contributed by atoms with van der Waals surface area (Å²) in [6.45, 7) is 5.29. The van der Waals surface area contributed by atoms with E-state index in [-0.39, 0.29) is 5.41 Å². The number of nitrogens with zero attached hydrogens (tertiary/aromatic N) is 1. The Morgan fingerprint density at radius 3 is 2.58 bits per heavy atom. The molecule has 1 aliphatic heterocycles. The van der Waals surface area contributed by atoms with Crippen LogP contribution in [0.25, 0.3) is 0 Å². The van der Waals surface area contributed by atoms with Crippen LogP contribution in [0, 0.1) is 11.3 Å². The van der Waals surface area contributed by atoms with Crippen molar-refractivity contribution >= 4 is 5.97 Å². The average molecular weight is 267 g/mol. The largest absolute Gasteiger partial charge is 0.481 e. The van der Waals surface area contributed by atoms with Gasteiger partial charge in [0.1, 0.15) is 0 Å². The quantitative estimate of drug-likeness (QED) is 0.650. The van der Waals surface area contributed by atoms with Gasteiger partial charge >= 0.3 is 5.97 Å². The summed E-state index contributed by atoms with van der Waals surface area (Å²) in [7, 11) is 0. The lowest BCUT2D eigenvalue weighted by Gasteiger charge is -2.30. The number of carboxylic acid groups (broad SMARTS) is 1. The molecule has 1 aliphatic carbocycles. The first-order chi connectivity index (χ1) is 9.19. The van der Waals surface area contributed by atoms with E-state index in [0.29, 0.717) is 5.92 Å². The number of carboxylic acids is 1. The SMILES string of the molecule is CCCCCCCCCN1CCC2CC2(C(=O)O)C1. The second-order valence-electron chi connectivity index (χ2n) is 6.55. The average Bonchev–Trinajstić information content (AvgIpc) is 3.13. The van der Waals surface area contributed by atoms with Gasteiger partial charge in [-0.2, -0.15) is 0 Å². The van der Waals surface area contributed by atoms with Gasteiger partial charge in [-0.15, -0.1) is 0 Å². The molecule has 0 spiro atoms. The first kappa shape index (κ1) is 14.8. The fourth-order valence-corrected chi connectivity index (χ4v) is 3.58. The highest BCUT2D eigenvalue weighted by molar-refractivity contribution is 5.79. The first-order valence-electron chi connectivity index (χ1n) is 8.15. The molecular formula is C16H29NO2. The second kappa shape index (κ2) is 6.74. The molecule has 1 heterocycles. The molecule has 1 N–H and O–H groups in total. The number of fused-ring (bicyclic) bond motifs is 1. The van der Waals surface area contributed by atoms with Gasteiger partial charge < -0.3 is 10.0 Å². The van der Waals surface area contributed by atoms with Gasteiger partial charge in [-0.25, -0.2) is 0 Å². The summed E-state index contributed by atoms with van der Waals surface area (Å²) in [6.07, 6.45) is 11.4. The van der Waals surface area contributed by atoms with E-state index in [0.717, 1.165) is 32.5 Å². The van der Waals surface area contributed by atoms with Crippen molar-refractivity contribution in [3.05, 3.63) is 0 Å². The Bertz CT molecular complexity index is 305. The van der Waals surface area contributed by atoms with Gasteiger partial charge in [-0.05, 0) is 38.3 Å². The fourth-order valence-electron chi connectivity index (χ4n) is 3.58. The minimum atomic E-state index is -0.554.